The van der Waals surface area contributed by atoms with Crippen molar-refractivity contribution in [3.63, 3.8) is 0 Å². The van der Waals surface area contributed by atoms with Gasteiger partial charge < -0.3 is 14.8 Å². The Morgan fingerprint density at radius 1 is 1.17 bits per heavy atom. The molecule has 1 amide bonds. The van der Waals surface area contributed by atoms with Gasteiger partial charge in [0, 0.05) is 22.8 Å². The van der Waals surface area contributed by atoms with Gasteiger partial charge in [-0.2, -0.15) is 0 Å². The molecule has 0 saturated heterocycles. The standard InChI is InChI=1S/C18H19NO4S/c1-22-16-8-7-14(12-20)11-17(16)23-13-18(21)19-9-10-24-15-5-3-2-4-6-15/h2-8,11-12H,9-10,13H2,1H3,(H,19,21). The van der Waals surface area contributed by atoms with E-state index in [2.05, 4.69) is 5.32 Å². The molecule has 2 rings (SSSR count). The van der Waals surface area contributed by atoms with E-state index in [0.29, 0.717) is 29.9 Å². The Morgan fingerprint density at radius 3 is 2.67 bits per heavy atom. The Bertz CT molecular complexity index is 676. The topological polar surface area (TPSA) is 64.6 Å². The molecule has 126 valence electrons. The second-order valence-corrected chi connectivity index (χ2v) is 6.00. The number of benzene rings is 2. The summed E-state index contributed by atoms with van der Waals surface area (Å²) in [5.74, 6) is 1.41. The first-order valence-corrected chi connectivity index (χ1v) is 8.42. The molecule has 0 bridgehead atoms. The molecule has 0 atom stereocenters. The van der Waals surface area contributed by atoms with Gasteiger partial charge in [0.1, 0.15) is 6.29 Å². The molecule has 0 aliphatic heterocycles. The van der Waals surface area contributed by atoms with Crippen LogP contribution in [0, 0.1) is 0 Å². The zero-order valence-electron chi connectivity index (χ0n) is 13.4. The highest BCUT2D eigenvalue weighted by Crippen LogP contribution is 2.27. The third kappa shape index (κ3) is 5.62. The summed E-state index contributed by atoms with van der Waals surface area (Å²) in [5.41, 5.74) is 0.463. The fraction of sp³-hybridized carbons (Fsp3) is 0.222. The van der Waals surface area contributed by atoms with Crippen LogP contribution in [-0.2, 0) is 4.79 Å². The fourth-order valence-corrected chi connectivity index (χ4v) is 2.74. The van der Waals surface area contributed by atoms with E-state index >= 15 is 0 Å². The van der Waals surface area contributed by atoms with Crippen molar-refractivity contribution in [2.75, 3.05) is 26.0 Å². The van der Waals surface area contributed by atoms with Crippen molar-refractivity contribution in [3.8, 4) is 11.5 Å². The van der Waals surface area contributed by atoms with Crippen LogP contribution >= 0.6 is 11.8 Å². The van der Waals surface area contributed by atoms with Crippen LogP contribution in [0.3, 0.4) is 0 Å². The van der Waals surface area contributed by atoms with Gasteiger partial charge in [0.2, 0.25) is 0 Å². The number of rotatable bonds is 9. The highest BCUT2D eigenvalue weighted by Gasteiger charge is 2.08. The number of thioether (sulfide) groups is 1. The third-order valence-corrected chi connectivity index (χ3v) is 4.13. The summed E-state index contributed by atoms with van der Waals surface area (Å²) in [6.45, 7) is 0.419. The molecule has 0 radical (unpaired) electrons. The average molecular weight is 345 g/mol. The van der Waals surface area contributed by atoms with Crippen LogP contribution in [0.5, 0.6) is 11.5 Å². The normalized spacial score (nSPS) is 10.0. The summed E-state index contributed by atoms with van der Waals surface area (Å²) in [5, 5.41) is 2.79. The van der Waals surface area contributed by atoms with Crippen LogP contribution in [-0.4, -0.2) is 38.2 Å². The zero-order chi connectivity index (χ0) is 17.2. The minimum absolute atomic E-state index is 0.130. The maximum atomic E-state index is 11.8. The van der Waals surface area contributed by atoms with Crippen molar-refractivity contribution in [1.29, 1.82) is 0 Å². The van der Waals surface area contributed by atoms with E-state index in [-0.39, 0.29) is 12.5 Å². The average Bonchev–Trinajstić information content (AvgIpc) is 2.64. The van der Waals surface area contributed by atoms with Gasteiger partial charge >= 0.3 is 0 Å². The molecule has 0 saturated carbocycles. The lowest BCUT2D eigenvalue weighted by atomic mass is 10.2. The van der Waals surface area contributed by atoms with Gasteiger partial charge in [-0.15, -0.1) is 11.8 Å². The van der Waals surface area contributed by atoms with E-state index in [4.69, 9.17) is 9.47 Å². The van der Waals surface area contributed by atoms with E-state index in [0.717, 1.165) is 5.75 Å². The maximum Gasteiger partial charge on any atom is 0.257 e. The molecule has 0 heterocycles. The van der Waals surface area contributed by atoms with Crippen LogP contribution in [0.15, 0.2) is 53.4 Å². The molecular formula is C18H19NO4S. The summed E-state index contributed by atoms with van der Waals surface area (Å²) in [7, 11) is 1.50. The van der Waals surface area contributed by atoms with Crippen molar-refractivity contribution in [1.82, 2.24) is 5.32 Å². The molecule has 0 aliphatic rings. The Morgan fingerprint density at radius 2 is 1.96 bits per heavy atom. The zero-order valence-corrected chi connectivity index (χ0v) is 14.2. The van der Waals surface area contributed by atoms with Crippen molar-refractivity contribution in [2.45, 2.75) is 4.90 Å². The number of ether oxygens (including phenoxy) is 2. The Hall–Kier alpha value is -2.47. The van der Waals surface area contributed by atoms with Gasteiger partial charge in [-0.25, -0.2) is 0 Å². The lowest BCUT2D eigenvalue weighted by Crippen LogP contribution is -2.30. The van der Waals surface area contributed by atoms with E-state index in [1.54, 1.807) is 30.0 Å². The van der Waals surface area contributed by atoms with E-state index in [1.165, 1.54) is 12.0 Å². The Labute approximate surface area is 145 Å². The van der Waals surface area contributed by atoms with Crippen molar-refractivity contribution >= 4 is 24.0 Å². The summed E-state index contributed by atoms with van der Waals surface area (Å²) in [4.78, 5) is 23.8. The van der Waals surface area contributed by atoms with Crippen molar-refractivity contribution < 1.29 is 19.1 Å². The smallest absolute Gasteiger partial charge is 0.257 e. The van der Waals surface area contributed by atoms with E-state index < -0.39 is 0 Å². The number of hydrogen-bond acceptors (Lipinski definition) is 5. The molecule has 2 aromatic rings. The molecule has 5 nitrogen and oxygen atoms in total. The predicted molar refractivity (Wildman–Crippen MR) is 94.1 cm³/mol. The molecule has 0 aliphatic carbocycles. The number of carbonyl (C=O) groups excluding carboxylic acids is 2. The molecular weight excluding hydrogens is 326 g/mol. The van der Waals surface area contributed by atoms with Gasteiger partial charge in [-0.05, 0) is 30.3 Å². The van der Waals surface area contributed by atoms with Gasteiger partial charge in [0.15, 0.2) is 18.1 Å². The molecule has 0 unspecified atom stereocenters. The molecule has 2 aromatic carbocycles. The van der Waals surface area contributed by atoms with Gasteiger partial charge in [0.25, 0.3) is 5.91 Å². The van der Waals surface area contributed by atoms with Gasteiger partial charge in [-0.1, -0.05) is 18.2 Å². The minimum Gasteiger partial charge on any atom is -0.493 e. The Balaban J connectivity index is 1.74. The van der Waals surface area contributed by atoms with Crippen molar-refractivity contribution in [3.05, 3.63) is 54.1 Å². The van der Waals surface area contributed by atoms with E-state index in [1.807, 2.05) is 30.3 Å². The molecule has 1 N–H and O–H groups in total. The summed E-state index contributed by atoms with van der Waals surface area (Å²) in [6.07, 6.45) is 0.715. The van der Waals surface area contributed by atoms with Crippen LogP contribution in [0.4, 0.5) is 0 Å². The highest BCUT2D eigenvalue weighted by atomic mass is 32.2. The molecule has 0 spiro atoms. The van der Waals surface area contributed by atoms with Gasteiger partial charge in [0.05, 0.1) is 7.11 Å². The summed E-state index contributed by atoms with van der Waals surface area (Å²) < 4.78 is 10.6. The second-order valence-electron chi connectivity index (χ2n) is 4.83. The number of methoxy groups -OCH3 is 1. The number of nitrogens with one attached hydrogen (secondary N) is 1. The van der Waals surface area contributed by atoms with E-state index in [9.17, 15) is 9.59 Å². The first-order chi connectivity index (χ1) is 11.7. The Kier molecular flexibility index (Phi) is 7.17. The number of aldehydes is 1. The quantitative estimate of drug-likeness (QED) is 0.430. The maximum absolute atomic E-state index is 11.8. The largest absolute Gasteiger partial charge is 0.493 e. The van der Waals surface area contributed by atoms with Crippen LogP contribution < -0.4 is 14.8 Å². The number of amides is 1. The van der Waals surface area contributed by atoms with Gasteiger partial charge in [-0.3, -0.25) is 9.59 Å². The number of hydrogen-bond donors (Lipinski definition) is 1. The van der Waals surface area contributed by atoms with Crippen LogP contribution in [0.1, 0.15) is 10.4 Å². The second kappa shape index (κ2) is 9.62. The SMILES string of the molecule is COc1ccc(C=O)cc1OCC(=O)NCCSc1ccccc1. The van der Waals surface area contributed by atoms with Crippen molar-refractivity contribution in [2.24, 2.45) is 0 Å². The molecule has 6 heteroatoms. The fourth-order valence-electron chi connectivity index (χ4n) is 1.95. The molecule has 0 fully saturated rings. The predicted octanol–water partition coefficient (Wildman–Crippen LogP) is 2.80. The first kappa shape index (κ1) is 17.9. The van der Waals surface area contributed by atoms with Crippen LogP contribution in [0.25, 0.3) is 0 Å². The minimum atomic E-state index is -0.220. The van der Waals surface area contributed by atoms with Crippen LogP contribution in [0.2, 0.25) is 0 Å². The lowest BCUT2D eigenvalue weighted by molar-refractivity contribution is -0.122. The molecule has 0 aromatic heterocycles. The first-order valence-electron chi connectivity index (χ1n) is 7.43. The monoisotopic (exact) mass is 345 g/mol. The summed E-state index contributed by atoms with van der Waals surface area (Å²) >= 11 is 1.67. The lowest BCUT2D eigenvalue weighted by Gasteiger charge is -2.11. The third-order valence-electron chi connectivity index (χ3n) is 3.12. The summed E-state index contributed by atoms with van der Waals surface area (Å²) in [6, 6.07) is 14.8. The molecule has 24 heavy (non-hydrogen) atoms. The number of carbonyl (C=O) groups is 2. The highest BCUT2D eigenvalue weighted by molar-refractivity contribution is 7.99.